The van der Waals surface area contributed by atoms with E-state index in [0.717, 1.165) is 6.42 Å². The van der Waals surface area contributed by atoms with E-state index in [0.29, 0.717) is 30.2 Å². The summed E-state index contributed by atoms with van der Waals surface area (Å²) in [6.45, 7) is 13.2. The number of hydrogen-bond acceptors (Lipinski definition) is 2. The molecule has 0 aliphatic carbocycles. The molecule has 0 aromatic heterocycles. The first-order valence-corrected chi connectivity index (χ1v) is 8.28. The van der Waals surface area contributed by atoms with Crippen molar-refractivity contribution in [2.24, 2.45) is 23.7 Å². The molecule has 0 fully saturated rings. The zero-order chi connectivity index (χ0) is 13.6. The van der Waals surface area contributed by atoms with E-state index in [4.69, 9.17) is 0 Å². The van der Waals surface area contributed by atoms with Gasteiger partial charge in [-0.1, -0.05) is 41.5 Å². The molecule has 0 atom stereocenters. The molecule has 0 amide bonds. The maximum absolute atomic E-state index is 11.8. The van der Waals surface area contributed by atoms with E-state index in [1.807, 2.05) is 13.8 Å². The highest BCUT2D eigenvalue weighted by Gasteiger charge is 2.20. The third-order valence-electron chi connectivity index (χ3n) is 3.22. The van der Waals surface area contributed by atoms with Gasteiger partial charge in [0.05, 0.1) is 5.75 Å². The van der Waals surface area contributed by atoms with E-state index in [1.54, 1.807) is 0 Å². The van der Waals surface area contributed by atoms with Crippen LogP contribution in [0.1, 0.15) is 48.0 Å². The fourth-order valence-corrected chi connectivity index (χ4v) is 3.30. The lowest BCUT2D eigenvalue weighted by atomic mass is 9.86. The predicted octanol–water partition coefficient (Wildman–Crippen LogP) is 2.88. The van der Waals surface area contributed by atoms with Crippen molar-refractivity contribution in [3.8, 4) is 0 Å². The highest BCUT2D eigenvalue weighted by atomic mass is 32.2. The first-order chi connectivity index (χ1) is 7.65. The lowest BCUT2D eigenvalue weighted by Crippen LogP contribution is -2.35. The summed E-state index contributed by atoms with van der Waals surface area (Å²) in [7, 11) is -3.09. The monoisotopic (exact) mass is 263 g/mol. The summed E-state index contributed by atoms with van der Waals surface area (Å²) in [6, 6.07) is 0. The van der Waals surface area contributed by atoms with Gasteiger partial charge >= 0.3 is 0 Å². The number of nitrogens with one attached hydrogen (secondary N) is 1. The van der Waals surface area contributed by atoms with Gasteiger partial charge in [-0.3, -0.25) is 0 Å². The van der Waals surface area contributed by atoms with E-state index in [-0.39, 0.29) is 5.75 Å². The predicted molar refractivity (Wildman–Crippen MR) is 74.4 cm³/mol. The molecule has 17 heavy (non-hydrogen) atoms. The average molecular weight is 263 g/mol. The maximum atomic E-state index is 11.8. The van der Waals surface area contributed by atoms with Crippen molar-refractivity contribution in [1.82, 2.24) is 4.72 Å². The SMILES string of the molecule is CC(C)CCS(=O)(=O)NCC(C(C)C)C(C)C. The molecule has 0 heterocycles. The zero-order valence-corrected chi connectivity index (χ0v) is 13.0. The van der Waals surface area contributed by atoms with Crippen molar-refractivity contribution in [1.29, 1.82) is 0 Å². The van der Waals surface area contributed by atoms with Crippen molar-refractivity contribution >= 4 is 10.0 Å². The van der Waals surface area contributed by atoms with Gasteiger partial charge in [0.1, 0.15) is 0 Å². The quantitative estimate of drug-likeness (QED) is 0.732. The minimum absolute atomic E-state index is 0.244. The first-order valence-electron chi connectivity index (χ1n) is 6.63. The molecular weight excluding hydrogens is 234 g/mol. The average Bonchev–Trinajstić information content (AvgIpc) is 2.13. The second-order valence-electron chi connectivity index (χ2n) is 6.00. The Morgan fingerprint density at radius 2 is 1.41 bits per heavy atom. The topological polar surface area (TPSA) is 46.2 Å². The molecule has 0 saturated carbocycles. The van der Waals surface area contributed by atoms with Crippen LogP contribution >= 0.6 is 0 Å². The normalized spacial score (nSPS) is 13.3. The van der Waals surface area contributed by atoms with Gasteiger partial charge in [-0.25, -0.2) is 13.1 Å². The van der Waals surface area contributed by atoms with Gasteiger partial charge in [-0.05, 0) is 30.1 Å². The van der Waals surface area contributed by atoms with Crippen LogP contribution in [0, 0.1) is 23.7 Å². The minimum atomic E-state index is -3.09. The molecule has 0 spiro atoms. The van der Waals surface area contributed by atoms with E-state index >= 15 is 0 Å². The fraction of sp³-hybridized carbons (Fsp3) is 1.00. The van der Waals surface area contributed by atoms with Crippen LogP contribution in [-0.4, -0.2) is 20.7 Å². The third kappa shape index (κ3) is 7.77. The molecule has 4 heteroatoms. The molecular formula is C13H29NO2S. The molecule has 3 nitrogen and oxygen atoms in total. The third-order valence-corrected chi connectivity index (χ3v) is 4.60. The summed E-state index contributed by atoms with van der Waals surface area (Å²) in [5.41, 5.74) is 0. The Labute approximate surface area is 107 Å². The molecule has 0 saturated heterocycles. The van der Waals surface area contributed by atoms with Crippen LogP contribution in [0.25, 0.3) is 0 Å². The first kappa shape index (κ1) is 16.9. The lowest BCUT2D eigenvalue weighted by Gasteiger charge is -2.25. The molecule has 0 unspecified atom stereocenters. The van der Waals surface area contributed by atoms with Crippen LogP contribution in [0.5, 0.6) is 0 Å². The Morgan fingerprint density at radius 1 is 0.941 bits per heavy atom. The minimum Gasteiger partial charge on any atom is -0.215 e. The number of rotatable bonds is 8. The highest BCUT2D eigenvalue weighted by molar-refractivity contribution is 7.89. The second-order valence-corrected chi connectivity index (χ2v) is 7.93. The van der Waals surface area contributed by atoms with E-state index in [9.17, 15) is 8.42 Å². The molecule has 0 aromatic rings. The van der Waals surface area contributed by atoms with E-state index in [1.165, 1.54) is 0 Å². The summed E-state index contributed by atoms with van der Waals surface area (Å²) in [4.78, 5) is 0. The van der Waals surface area contributed by atoms with E-state index < -0.39 is 10.0 Å². The molecule has 0 rings (SSSR count). The summed E-state index contributed by atoms with van der Waals surface area (Å²) in [5.74, 6) is 2.08. The van der Waals surface area contributed by atoms with Gasteiger partial charge in [0.25, 0.3) is 0 Å². The van der Waals surface area contributed by atoms with Crippen molar-refractivity contribution in [3.63, 3.8) is 0 Å². The fourth-order valence-electron chi connectivity index (χ4n) is 1.93. The Balaban J connectivity index is 4.24. The standard InChI is InChI=1S/C13H29NO2S/c1-10(2)7-8-17(15,16)14-9-13(11(3)4)12(5)6/h10-14H,7-9H2,1-6H3. The van der Waals surface area contributed by atoms with Crippen LogP contribution in [0.2, 0.25) is 0 Å². The van der Waals surface area contributed by atoms with E-state index in [2.05, 4.69) is 32.4 Å². The second kappa shape index (κ2) is 7.37. The molecule has 0 aliphatic heterocycles. The largest absolute Gasteiger partial charge is 0.215 e. The van der Waals surface area contributed by atoms with Gasteiger partial charge in [0.2, 0.25) is 10.0 Å². The van der Waals surface area contributed by atoms with Gasteiger partial charge in [0, 0.05) is 6.54 Å². The summed E-state index contributed by atoms with van der Waals surface area (Å²) < 4.78 is 26.3. The molecule has 0 radical (unpaired) electrons. The van der Waals surface area contributed by atoms with Gasteiger partial charge in [-0.2, -0.15) is 0 Å². The molecule has 0 bridgehead atoms. The van der Waals surface area contributed by atoms with Gasteiger partial charge < -0.3 is 0 Å². The number of hydrogen-bond donors (Lipinski definition) is 1. The Hall–Kier alpha value is -0.0900. The van der Waals surface area contributed by atoms with Crippen LogP contribution in [-0.2, 0) is 10.0 Å². The van der Waals surface area contributed by atoms with Crippen molar-refractivity contribution in [3.05, 3.63) is 0 Å². The smallest absolute Gasteiger partial charge is 0.211 e. The van der Waals surface area contributed by atoms with Crippen LogP contribution in [0.4, 0.5) is 0 Å². The lowest BCUT2D eigenvalue weighted by molar-refractivity contribution is 0.289. The maximum Gasteiger partial charge on any atom is 0.211 e. The molecule has 104 valence electrons. The van der Waals surface area contributed by atoms with Crippen molar-refractivity contribution in [2.45, 2.75) is 48.0 Å². The Bertz CT molecular complexity index is 287. The highest BCUT2D eigenvalue weighted by Crippen LogP contribution is 2.19. The summed E-state index contributed by atoms with van der Waals surface area (Å²) >= 11 is 0. The summed E-state index contributed by atoms with van der Waals surface area (Å²) in [5, 5.41) is 0. The summed E-state index contributed by atoms with van der Waals surface area (Å²) in [6.07, 6.45) is 0.726. The zero-order valence-electron chi connectivity index (χ0n) is 12.2. The molecule has 0 aliphatic rings. The molecule has 0 aromatic carbocycles. The van der Waals surface area contributed by atoms with Crippen molar-refractivity contribution < 1.29 is 8.42 Å². The Kier molecular flexibility index (Phi) is 7.33. The number of sulfonamides is 1. The Morgan fingerprint density at radius 3 is 1.76 bits per heavy atom. The van der Waals surface area contributed by atoms with Crippen molar-refractivity contribution in [2.75, 3.05) is 12.3 Å². The van der Waals surface area contributed by atoms with Gasteiger partial charge in [0.15, 0.2) is 0 Å². The molecule has 1 N–H and O–H groups in total. The van der Waals surface area contributed by atoms with Gasteiger partial charge in [-0.15, -0.1) is 0 Å². The van der Waals surface area contributed by atoms with Crippen LogP contribution in [0.3, 0.4) is 0 Å². The van der Waals surface area contributed by atoms with Crippen LogP contribution in [0.15, 0.2) is 0 Å². The van der Waals surface area contributed by atoms with Crippen LogP contribution < -0.4 is 4.72 Å².